The van der Waals surface area contributed by atoms with Crippen LogP contribution < -0.4 is 9.80 Å². The number of aryl methyl sites for hydroxylation is 2. The number of rotatable bonds is 5. The molecule has 1 unspecified atom stereocenters. The Morgan fingerprint density at radius 1 is 0.927 bits per heavy atom. The van der Waals surface area contributed by atoms with Crippen LogP contribution in [-0.2, 0) is 14.4 Å². The highest BCUT2D eigenvalue weighted by Gasteiger charge is 2.74. The van der Waals surface area contributed by atoms with Gasteiger partial charge in [-0.15, -0.1) is 11.8 Å². The molecule has 7 nitrogen and oxygen atoms in total. The third-order valence-electron chi connectivity index (χ3n) is 9.29. The predicted octanol–water partition coefficient (Wildman–Crippen LogP) is 4.27. The van der Waals surface area contributed by atoms with Crippen LogP contribution in [0.3, 0.4) is 0 Å². The van der Waals surface area contributed by atoms with E-state index in [2.05, 4.69) is 6.08 Å². The number of amides is 3. The normalized spacial score (nSPS) is 31.6. The zero-order valence-electron chi connectivity index (χ0n) is 24.0. The SMILES string of the molecule is CC[C@@H](CO)N1C(=O)[C@@H]2[C@H]3C(=O)N(c4ccccc4)CC=C[C@@]3(C)S[C@@]23C=CCN(c2cc(C)ccc2C)C(=O)C13. The Morgan fingerprint density at radius 3 is 2.34 bits per heavy atom. The van der Waals surface area contributed by atoms with E-state index in [0.29, 0.717) is 19.5 Å². The van der Waals surface area contributed by atoms with Crippen molar-refractivity contribution < 1.29 is 19.5 Å². The fourth-order valence-corrected chi connectivity index (χ4v) is 9.48. The maximum absolute atomic E-state index is 14.7. The van der Waals surface area contributed by atoms with Gasteiger partial charge < -0.3 is 19.8 Å². The van der Waals surface area contributed by atoms with E-state index >= 15 is 0 Å². The van der Waals surface area contributed by atoms with Crippen LogP contribution in [0.2, 0.25) is 0 Å². The molecule has 2 aromatic carbocycles. The minimum Gasteiger partial charge on any atom is -0.394 e. The average Bonchev–Trinajstić information content (AvgIpc) is 3.23. The lowest BCUT2D eigenvalue weighted by molar-refractivity contribution is -0.142. The van der Waals surface area contributed by atoms with E-state index in [1.54, 1.807) is 26.5 Å². The van der Waals surface area contributed by atoms with Crippen LogP contribution >= 0.6 is 11.8 Å². The number of hydrogen-bond acceptors (Lipinski definition) is 5. The van der Waals surface area contributed by atoms with Crippen LogP contribution in [0.15, 0.2) is 72.8 Å². The fraction of sp³-hybridized carbons (Fsp3) is 0.424. The van der Waals surface area contributed by atoms with Gasteiger partial charge in [-0.25, -0.2) is 0 Å². The van der Waals surface area contributed by atoms with Crippen LogP contribution in [-0.4, -0.2) is 69.0 Å². The van der Waals surface area contributed by atoms with Crippen LogP contribution in [0.5, 0.6) is 0 Å². The predicted molar refractivity (Wildman–Crippen MR) is 163 cm³/mol. The zero-order valence-corrected chi connectivity index (χ0v) is 24.8. The number of para-hydroxylation sites is 1. The van der Waals surface area contributed by atoms with Crippen molar-refractivity contribution >= 4 is 40.9 Å². The Labute approximate surface area is 245 Å². The summed E-state index contributed by atoms with van der Waals surface area (Å²) in [6.07, 6.45) is 8.61. The van der Waals surface area contributed by atoms with Gasteiger partial charge in [0.2, 0.25) is 11.8 Å². The van der Waals surface area contributed by atoms with Crippen molar-refractivity contribution in [1.29, 1.82) is 0 Å². The Balaban J connectivity index is 1.51. The third kappa shape index (κ3) is 4.09. The van der Waals surface area contributed by atoms with Gasteiger partial charge in [-0.3, -0.25) is 14.4 Å². The number of hydrogen-bond donors (Lipinski definition) is 1. The number of thioether (sulfide) groups is 1. The molecule has 4 aliphatic rings. The lowest BCUT2D eigenvalue weighted by atomic mass is 9.74. The molecule has 0 aliphatic carbocycles. The number of benzene rings is 2. The van der Waals surface area contributed by atoms with E-state index in [1.807, 2.05) is 94.5 Å². The second-order valence-corrected chi connectivity index (χ2v) is 13.6. The second-order valence-electron chi connectivity index (χ2n) is 11.8. The Morgan fingerprint density at radius 2 is 1.63 bits per heavy atom. The first kappa shape index (κ1) is 27.8. The van der Waals surface area contributed by atoms with Gasteiger partial charge >= 0.3 is 0 Å². The van der Waals surface area contributed by atoms with Crippen LogP contribution in [0, 0.1) is 25.7 Å². The molecular formula is C33H37N3O4S. The molecule has 1 N–H and O–H groups in total. The van der Waals surface area contributed by atoms with Crippen molar-refractivity contribution in [1.82, 2.24) is 4.90 Å². The first-order valence-electron chi connectivity index (χ1n) is 14.4. The van der Waals surface area contributed by atoms with E-state index in [4.69, 9.17) is 0 Å². The second kappa shape index (κ2) is 10.2. The van der Waals surface area contributed by atoms with E-state index in [-0.39, 0.29) is 24.3 Å². The Bertz CT molecular complexity index is 1450. The van der Waals surface area contributed by atoms with Gasteiger partial charge in [0.1, 0.15) is 6.04 Å². The summed E-state index contributed by atoms with van der Waals surface area (Å²) in [5.41, 5.74) is 3.62. The molecule has 2 fully saturated rings. The van der Waals surface area contributed by atoms with E-state index in [9.17, 15) is 19.5 Å². The lowest BCUT2D eigenvalue weighted by Crippen LogP contribution is -2.57. The molecular weight excluding hydrogens is 534 g/mol. The molecule has 3 amide bonds. The molecule has 214 valence electrons. The van der Waals surface area contributed by atoms with Crippen molar-refractivity contribution in [2.75, 3.05) is 29.5 Å². The molecule has 0 saturated carbocycles. The smallest absolute Gasteiger partial charge is 0.251 e. The van der Waals surface area contributed by atoms with E-state index < -0.39 is 33.4 Å². The van der Waals surface area contributed by atoms with Gasteiger partial charge in [0.25, 0.3) is 5.91 Å². The fourth-order valence-electron chi connectivity index (χ4n) is 7.33. The van der Waals surface area contributed by atoms with Gasteiger partial charge in [0.05, 0.1) is 29.2 Å². The van der Waals surface area contributed by atoms with Crippen molar-refractivity contribution in [3.05, 3.63) is 84.0 Å². The molecule has 6 atom stereocenters. The largest absolute Gasteiger partial charge is 0.394 e. The van der Waals surface area contributed by atoms with Crippen LogP contribution in [0.25, 0.3) is 0 Å². The Hall–Kier alpha value is -3.36. The number of likely N-dealkylation sites (tertiary alicyclic amines) is 1. The minimum atomic E-state index is -0.956. The van der Waals surface area contributed by atoms with Gasteiger partial charge in [-0.2, -0.15) is 0 Å². The summed E-state index contributed by atoms with van der Waals surface area (Å²) in [6, 6.07) is 14.2. The van der Waals surface area contributed by atoms with Crippen molar-refractivity contribution in [2.24, 2.45) is 11.8 Å². The number of fused-ring (bicyclic) bond motifs is 2. The average molecular weight is 572 g/mol. The summed E-state index contributed by atoms with van der Waals surface area (Å²) < 4.78 is -1.65. The van der Waals surface area contributed by atoms with Crippen molar-refractivity contribution in [3.63, 3.8) is 0 Å². The van der Waals surface area contributed by atoms with Gasteiger partial charge in [-0.05, 0) is 56.5 Å². The van der Waals surface area contributed by atoms with Gasteiger partial charge in [0, 0.05) is 29.2 Å². The summed E-state index contributed by atoms with van der Waals surface area (Å²) in [5, 5.41) is 10.4. The van der Waals surface area contributed by atoms with E-state index in [1.165, 1.54) is 0 Å². The highest BCUT2D eigenvalue weighted by Crippen LogP contribution is 2.66. The first-order chi connectivity index (χ1) is 19.7. The number of carbonyl (C=O) groups is 3. The lowest BCUT2D eigenvalue weighted by Gasteiger charge is -2.39. The molecule has 1 spiro atoms. The molecule has 2 aromatic rings. The summed E-state index contributed by atoms with van der Waals surface area (Å²) in [5.74, 6) is -1.93. The van der Waals surface area contributed by atoms with E-state index in [0.717, 1.165) is 22.5 Å². The zero-order chi connectivity index (χ0) is 29.1. The summed E-state index contributed by atoms with van der Waals surface area (Å²) in [7, 11) is 0. The highest BCUT2D eigenvalue weighted by molar-refractivity contribution is 8.02. The van der Waals surface area contributed by atoms with Gasteiger partial charge in [0.15, 0.2) is 0 Å². The number of nitrogens with zero attached hydrogens (tertiary/aromatic N) is 3. The molecule has 41 heavy (non-hydrogen) atoms. The number of aliphatic hydroxyl groups is 1. The van der Waals surface area contributed by atoms with Crippen molar-refractivity contribution in [2.45, 2.75) is 55.7 Å². The molecule has 0 bridgehead atoms. The first-order valence-corrected chi connectivity index (χ1v) is 15.2. The Kier molecular flexibility index (Phi) is 6.90. The molecule has 0 radical (unpaired) electrons. The van der Waals surface area contributed by atoms with Crippen LogP contribution in [0.4, 0.5) is 11.4 Å². The summed E-state index contributed by atoms with van der Waals surface area (Å²) >= 11 is 1.57. The summed E-state index contributed by atoms with van der Waals surface area (Å²) in [4.78, 5) is 49.0. The summed E-state index contributed by atoms with van der Waals surface area (Å²) in [6.45, 7) is 8.47. The monoisotopic (exact) mass is 571 g/mol. The number of aliphatic hydroxyl groups excluding tert-OH is 1. The molecule has 2 saturated heterocycles. The van der Waals surface area contributed by atoms with Gasteiger partial charge in [-0.1, -0.05) is 61.6 Å². The topological polar surface area (TPSA) is 81.2 Å². The molecule has 6 rings (SSSR count). The maximum atomic E-state index is 14.7. The standard InChI is InChI=1S/C33H37N3O4S/c1-5-23(20-37)36-28-31(40)35(25-19-21(2)13-14-22(25)3)18-10-16-33(28)27(30(36)39)26-29(38)34(24-11-7-6-8-12-24)17-9-15-32(26,4)41-33/h6-16,19,23,26-28,37H,5,17-18,20H2,1-4H3/t23-,26-,27-,28?,32+,33-/m0/s1. The van der Waals surface area contributed by atoms with Crippen LogP contribution in [0.1, 0.15) is 31.4 Å². The molecule has 0 aromatic heterocycles. The molecule has 4 aliphatic heterocycles. The molecule has 8 heteroatoms. The third-order valence-corrected chi connectivity index (χ3v) is 11.1. The quantitative estimate of drug-likeness (QED) is 0.543. The minimum absolute atomic E-state index is 0.111. The number of carbonyl (C=O) groups excluding carboxylic acids is 3. The maximum Gasteiger partial charge on any atom is 0.251 e. The molecule has 4 heterocycles. The number of anilines is 2. The highest BCUT2D eigenvalue weighted by atomic mass is 32.2. The van der Waals surface area contributed by atoms with Crippen molar-refractivity contribution in [3.8, 4) is 0 Å².